The molecule has 8 heteroatoms. The predicted octanol–water partition coefficient (Wildman–Crippen LogP) is 1.51. The second-order valence-electron chi connectivity index (χ2n) is 7.77. The lowest BCUT2D eigenvalue weighted by Gasteiger charge is -2.32. The van der Waals surface area contributed by atoms with E-state index in [1.165, 1.54) is 12.8 Å². The Labute approximate surface area is 157 Å². The van der Waals surface area contributed by atoms with Crippen LogP contribution in [-0.2, 0) is 14.8 Å². The van der Waals surface area contributed by atoms with Gasteiger partial charge in [0.15, 0.2) is 0 Å². The minimum Gasteiger partial charge on any atom is -0.353 e. The molecule has 0 radical (unpaired) electrons. The van der Waals surface area contributed by atoms with Crippen molar-refractivity contribution < 1.29 is 13.2 Å². The molecule has 6 nitrogen and oxygen atoms in total. The van der Waals surface area contributed by atoms with Gasteiger partial charge < -0.3 is 10.6 Å². The number of hydrogen-bond donors (Lipinski definition) is 2. The van der Waals surface area contributed by atoms with Crippen LogP contribution < -0.4 is 10.6 Å². The molecule has 0 aromatic rings. The Bertz CT molecular complexity index is 539. The van der Waals surface area contributed by atoms with Gasteiger partial charge in [-0.2, -0.15) is 0 Å². The van der Waals surface area contributed by atoms with Crippen molar-refractivity contribution in [2.75, 3.05) is 26.2 Å². The molecule has 1 amide bonds. The molecule has 0 aromatic heterocycles. The average molecular weight is 394 g/mol. The van der Waals surface area contributed by atoms with E-state index in [0.717, 1.165) is 38.8 Å². The van der Waals surface area contributed by atoms with Gasteiger partial charge in [-0.15, -0.1) is 12.4 Å². The fraction of sp³-hybridized carbons (Fsp3) is 0.941. The monoisotopic (exact) mass is 393 g/mol. The van der Waals surface area contributed by atoms with E-state index in [2.05, 4.69) is 17.6 Å². The highest BCUT2D eigenvalue weighted by Gasteiger charge is 2.41. The molecule has 1 saturated carbocycles. The van der Waals surface area contributed by atoms with Gasteiger partial charge in [0.2, 0.25) is 15.9 Å². The minimum atomic E-state index is -3.06. The van der Waals surface area contributed by atoms with Gasteiger partial charge in [0, 0.05) is 25.6 Å². The molecule has 2 N–H and O–H groups in total. The smallest absolute Gasteiger partial charge is 0.220 e. The van der Waals surface area contributed by atoms with Crippen molar-refractivity contribution in [2.45, 2.75) is 63.2 Å². The third kappa shape index (κ3) is 5.55. The van der Waals surface area contributed by atoms with E-state index < -0.39 is 10.0 Å². The molecule has 25 heavy (non-hydrogen) atoms. The Balaban J connectivity index is 0.00000225. The number of carbonyl (C=O) groups is 1. The lowest BCUT2D eigenvalue weighted by molar-refractivity contribution is -0.123. The molecule has 1 aliphatic carbocycles. The maximum Gasteiger partial charge on any atom is 0.220 e. The highest BCUT2D eigenvalue weighted by atomic mass is 35.5. The van der Waals surface area contributed by atoms with Crippen LogP contribution in [0.3, 0.4) is 0 Å². The van der Waals surface area contributed by atoms with Crippen molar-refractivity contribution >= 4 is 28.3 Å². The van der Waals surface area contributed by atoms with Crippen LogP contribution in [0.1, 0.15) is 51.9 Å². The standard InChI is InChI=1S/C17H31N3O3S.ClH/c1-13(14-3-2-8-18-12-14)11-17(21)19-15-6-9-20(10-7-15)24(22,23)16-4-5-16;/h13-16,18H,2-12H2,1H3,(H,19,21);1H. The Morgan fingerprint density at radius 2 is 1.88 bits per heavy atom. The van der Waals surface area contributed by atoms with Crippen LogP contribution in [0.15, 0.2) is 0 Å². The molecule has 2 saturated heterocycles. The van der Waals surface area contributed by atoms with Crippen molar-refractivity contribution in [3.8, 4) is 0 Å². The second kappa shape index (κ2) is 9.02. The zero-order valence-corrected chi connectivity index (χ0v) is 16.7. The van der Waals surface area contributed by atoms with Gasteiger partial charge in [0.05, 0.1) is 5.25 Å². The van der Waals surface area contributed by atoms with Crippen LogP contribution >= 0.6 is 12.4 Å². The molecule has 2 atom stereocenters. The third-order valence-electron chi connectivity index (χ3n) is 5.77. The summed E-state index contributed by atoms with van der Waals surface area (Å²) >= 11 is 0. The first kappa shape index (κ1) is 20.9. The van der Waals surface area contributed by atoms with Gasteiger partial charge >= 0.3 is 0 Å². The molecule has 3 aliphatic rings. The molecule has 2 aliphatic heterocycles. The van der Waals surface area contributed by atoms with Gasteiger partial charge in [-0.1, -0.05) is 6.92 Å². The molecule has 0 spiro atoms. The molecule has 3 fully saturated rings. The minimum absolute atomic E-state index is 0. The average Bonchev–Trinajstić information content (AvgIpc) is 3.41. The Morgan fingerprint density at radius 3 is 2.44 bits per heavy atom. The van der Waals surface area contributed by atoms with E-state index in [4.69, 9.17) is 0 Å². The van der Waals surface area contributed by atoms with Crippen LogP contribution in [0, 0.1) is 11.8 Å². The lowest BCUT2D eigenvalue weighted by atomic mass is 9.85. The molecule has 2 unspecified atom stereocenters. The number of rotatable bonds is 6. The summed E-state index contributed by atoms with van der Waals surface area (Å²) in [6, 6.07) is 0.125. The number of halogens is 1. The fourth-order valence-electron chi connectivity index (χ4n) is 3.94. The van der Waals surface area contributed by atoms with Gasteiger partial charge in [-0.3, -0.25) is 4.79 Å². The first-order valence-electron chi connectivity index (χ1n) is 9.46. The maximum absolute atomic E-state index is 12.3. The Morgan fingerprint density at radius 1 is 1.20 bits per heavy atom. The molecule has 2 heterocycles. The Kier molecular flexibility index (Phi) is 7.55. The molecule has 0 bridgehead atoms. The fourth-order valence-corrected chi connectivity index (χ4v) is 5.81. The van der Waals surface area contributed by atoms with Gasteiger partial charge in [0.1, 0.15) is 0 Å². The van der Waals surface area contributed by atoms with Gasteiger partial charge in [-0.25, -0.2) is 12.7 Å². The van der Waals surface area contributed by atoms with E-state index in [1.54, 1.807) is 4.31 Å². The summed E-state index contributed by atoms with van der Waals surface area (Å²) < 4.78 is 26.1. The van der Waals surface area contributed by atoms with E-state index >= 15 is 0 Å². The summed E-state index contributed by atoms with van der Waals surface area (Å²) in [7, 11) is -3.06. The van der Waals surface area contributed by atoms with Crippen molar-refractivity contribution in [2.24, 2.45) is 11.8 Å². The lowest BCUT2D eigenvalue weighted by Crippen LogP contribution is -2.47. The van der Waals surface area contributed by atoms with Crippen LogP contribution in [0.2, 0.25) is 0 Å². The van der Waals surface area contributed by atoms with E-state index in [0.29, 0.717) is 31.3 Å². The quantitative estimate of drug-likeness (QED) is 0.716. The van der Waals surface area contributed by atoms with Crippen LogP contribution in [0.25, 0.3) is 0 Å². The zero-order valence-electron chi connectivity index (χ0n) is 15.1. The van der Waals surface area contributed by atoms with Crippen LogP contribution in [0.4, 0.5) is 0 Å². The van der Waals surface area contributed by atoms with E-state index in [1.807, 2.05) is 0 Å². The van der Waals surface area contributed by atoms with Crippen molar-refractivity contribution in [3.63, 3.8) is 0 Å². The van der Waals surface area contributed by atoms with Crippen molar-refractivity contribution in [3.05, 3.63) is 0 Å². The largest absolute Gasteiger partial charge is 0.353 e. The second-order valence-corrected chi connectivity index (χ2v) is 9.99. The molecule has 146 valence electrons. The normalized spacial score (nSPS) is 27.3. The number of sulfonamides is 1. The number of carbonyl (C=O) groups excluding carboxylic acids is 1. The molecular formula is C17H32ClN3O3S. The first-order chi connectivity index (χ1) is 11.5. The summed E-state index contributed by atoms with van der Waals surface area (Å²) in [4.78, 5) is 12.3. The summed E-state index contributed by atoms with van der Waals surface area (Å²) in [5.41, 5.74) is 0. The summed E-state index contributed by atoms with van der Waals surface area (Å²) in [5.74, 6) is 1.11. The Hall–Kier alpha value is -0.370. The van der Waals surface area contributed by atoms with E-state index in [-0.39, 0.29) is 29.6 Å². The van der Waals surface area contributed by atoms with Gasteiger partial charge in [0.25, 0.3) is 0 Å². The first-order valence-corrected chi connectivity index (χ1v) is 11.0. The van der Waals surface area contributed by atoms with E-state index in [9.17, 15) is 13.2 Å². The van der Waals surface area contributed by atoms with Gasteiger partial charge in [-0.05, 0) is 63.5 Å². The molecule has 0 aromatic carbocycles. The maximum atomic E-state index is 12.3. The predicted molar refractivity (Wildman–Crippen MR) is 101 cm³/mol. The highest BCUT2D eigenvalue weighted by molar-refractivity contribution is 7.90. The van der Waals surface area contributed by atoms with Crippen molar-refractivity contribution in [1.29, 1.82) is 0 Å². The summed E-state index contributed by atoms with van der Waals surface area (Å²) in [5, 5.41) is 6.40. The highest BCUT2D eigenvalue weighted by Crippen LogP contribution is 2.32. The third-order valence-corrected chi connectivity index (χ3v) is 8.17. The number of hydrogen-bond acceptors (Lipinski definition) is 4. The summed E-state index contributed by atoms with van der Waals surface area (Å²) in [6.45, 7) is 5.38. The number of piperidine rings is 2. The summed E-state index contributed by atoms with van der Waals surface area (Å²) in [6.07, 6.45) is 6.07. The van der Waals surface area contributed by atoms with Crippen LogP contribution in [0.5, 0.6) is 0 Å². The SMILES string of the molecule is CC(CC(=O)NC1CCN(S(=O)(=O)C2CC2)CC1)C1CCCNC1.Cl. The molecular weight excluding hydrogens is 362 g/mol. The topological polar surface area (TPSA) is 78.5 Å². The zero-order chi connectivity index (χ0) is 17.2. The number of amides is 1. The van der Waals surface area contributed by atoms with Crippen LogP contribution in [-0.4, -0.2) is 56.1 Å². The van der Waals surface area contributed by atoms with Crippen molar-refractivity contribution in [1.82, 2.24) is 14.9 Å². The number of nitrogens with one attached hydrogen (secondary N) is 2. The molecule has 3 rings (SSSR count). The number of nitrogens with zero attached hydrogens (tertiary/aromatic N) is 1.